The van der Waals surface area contributed by atoms with Crippen molar-refractivity contribution in [2.45, 2.75) is 25.4 Å². The topological polar surface area (TPSA) is 46.6 Å². The molecule has 1 N–H and O–H groups in total. The summed E-state index contributed by atoms with van der Waals surface area (Å²) in [6.07, 6.45) is 3.28. The molecule has 11 rings (SSSR count). The normalized spacial score (nSPS) is 15.5. The number of hydrogen-bond donors (Lipinski definition) is 1. The molecule has 2 aromatic heterocycles. The third kappa shape index (κ3) is 4.77. The number of nitrogens with zero attached hydrogens (tertiary/aromatic N) is 4. The molecule has 0 spiro atoms. The minimum absolute atomic E-state index is 0.240. The molecule has 1 atom stereocenters. The van der Waals surface area contributed by atoms with Crippen molar-refractivity contribution in [2.75, 3.05) is 0 Å². The molecule has 0 saturated carbocycles. The second-order valence-corrected chi connectivity index (χ2v) is 14.1. The van der Waals surface area contributed by atoms with Gasteiger partial charge in [-0.1, -0.05) is 103 Å². The Hall–Kier alpha value is -6.72. The summed E-state index contributed by atoms with van der Waals surface area (Å²) in [5.74, 6) is 1.53. The van der Waals surface area contributed by atoms with Crippen molar-refractivity contribution in [3.05, 3.63) is 192 Å². The van der Waals surface area contributed by atoms with Crippen LogP contribution in [-0.4, -0.2) is 20.8 Å². The van der Waals surface area contributed by atoms with Gasteiger partial charge < -0.3 is 14.5 Å². The van der Waals surface area contributed by atoms with Crippen molar-refractivity contribution in [3.8, 4) is 11.4 Å². The number of nitrogens with one attached hydrogen (secondary N) is 1. The molecule has 1 aliphatic carbocycles. The second kappa shape index (κ2) is 11.9. The first-order valence-electron chi connectivity index (χ1n) is 18.5. The van der Waals surface area contributed by atoms with E-state index in [-0.39, 0.29) is 6.17 Å². The summed E-state index contributed by atoms with van der Waals surface area (Å²) in [4.78, 5) is 10.1. The third-order valence-corrected chi connectivity index (χ3v) is 11.1. The minimum Gasteiger partial charge on any atom is -0.344 e. The predicted octanol–water partition coefficient (Wildman–Crippen LogP) is 10.9. The first-order chi connectivity index (χ1) is 26.3. The van der Waals surface area contributed by atoms with Gasteiger partial charge in [0.2, 0.25) is 0 Å². The van der Waals surface area contributed by atoms with E-state index in [0.717, 1.165) is 46.9 Å². The number of rotatable bonds is 5. The lowest BCUT2D eigenvalue weighted by Crippen LogP contribution is -2.33. The van der Waals surface area contributed by atoms with Crippen molar-refractivity contribution >= 4 is 55.3 Å². The molecular formula is C48H35N5. The third-order valence-electron chi connectivity index (χ3n) is 11.1. The van der Waals surface area contributed by atoms with Gasteiger partial charge in [-0.05, 0) is 96.6 Å². The number of aliphatic imine (C=N–C) groups is 2. The molecule has 9 aromatic rings. The monoisotopic (exact) mass is 681 g/mol. The summed E-state index contributed by atoms with van der Waals surface area (Å²) in [5, 5.41) is 8.90. The van der Waals surface area contributed by atoms with Crippen LogP contribution in [0.4, 0.5) is 0 Å². The van der Waals surface area contributed by atoms with E-state index >= 15 is 0 Å². The first-order valence-corrected chi connectivity index (χ1v) is 18.5. The Kier molecular flexibility index (Phi) is 6.74. The maximum Gasteiger partial charge on any atom is 0.159 e. The fourth-order valence-corrected chi connectivity index (χ4v) is 8.68. The van der Waals surface area contributed by atoms with Crippen molar-refractivity contribution < 1.29 is 0 Å². The van der Waals surface area contributed by atoms with Gasteiger partial charge in [-0.25, -0.2) is 9.98 Å². The van der Waals surface area contributed by atoms with Gasteiger partial charge in [-0.2, -0.15) is 0 Å². The maximum atomic E-state index is 5.05. The Bertz CT molecular complexity index is 2920. The summed E-state index contributed by atoms with van der Waals surface area (Å²) in [5.41, 5.74) is 13.3. The van der Waals surface area contributed by atoms with E-state index in [4.69, 9.17) is 9.98 Å². The van der Waals surface area contributed by atoms with Crippen LogP contribution in [0.1, 0.15) is 40.4 Å². The average molecular weight is 682 g/mol. The molecule has 0 saturated heterocycles. The van der Waals surface area contributed by atoms with Crippen LogP contribution >= 0.6 is 0 Å². The summed E-state index contributed by atoms with van der Waals surface area (Å²) in [6.45, 7) is 0. The van der Waals surface area contributed by atoms with Gasteiger partial charge in [-0.3, -0.25) is 0 Å². The average Bonchev–Trinajstić information content (AvgIpc) is 3.93. The Morgan fingerprint density at radius 2 is 1.19 bits per heavy atom. The van der Waals surface area contributed by atoms with Crippen LogP contribution in [-0.2, 0) is 12.8 Å². The number of fused-ring (bicyclic) bond motifs is 8. The van der Waals surface area contributed by atoms with E-state index in [1.807, 2.05) is 24.3 Å². The molecule has 1 aliphatic heterocycles. The van der Waals surface area contributed by atoms with Crippen LogP contribution in [0.15, 0.2) is 174 Å². The van der Waals surface area contributed by atoms with Crippen molar-refractivity contribution in [1.29, 1.82) is 0 Å². The smallest absolute Gasteiger partial charge is 0.159 e. The van der Waals surface area contributed by atoms with Crippen molar-refractivity contribution in [3.63, 3.8) is 0 Å². The van der Waals surface area contributed by atoms with Gasteiger partial charge in [0.15, 0.2) is 5.84 Å². The lowest BCUT2D eigenvalue weighted by molar-refractivity contribution is 0.674. The van der Waals surface area contributed by atoms with Crippen LogP contribution in [0.3, 0.4) is 0 Å². The molecule has 2 aliphatic rings. The zero-order chi connectivity index (χ0) is 34.9. The van der Waals surface area contributed by atoms with Crippen LogP contribution in [0, 0.1) is 0 Å². The highest BCUT2D eigenvalue weighted by molar-refractivity contribution is 6.20. The zero-order valence-corrected chi connectivity index (χ0v) is 29.1. The quantitative estimate of drug-likeness (QED) is 0.193. The minimum atomic E-state index is -0.240. The molecule has 0 bridgehead atoms. The standard InChI is InChI=1S/C48H35N5/c1-4-13-32(14-5-1)46-49-47(33-15-6-2-7-16-33)51-48(50-46)34-23-26-36(27-24-34)52-41-22-11-10-20-38(41)39-29-40-44(30-43(39)52)53(35-18-8-3-9-19-35)42-28-25-31-17-12-21-37(31)45(40)42/h1-11,13-16,18-20,22-30,46H,12,17,21H2,(H,49,50,51). The van der Waals surface area contributed by atoms with Crippen LogP contribution in [0.2, 0.25) is 0 Å². The molecule has 1 unspecified atom stereocenters. The Morgan fingerprint density at radius 3 is 2.00 bits per heavy atom. The summed E-state index contributed by atoms with van der Waals surface area (Å²) < 4.78 is 4.89. The predicted molar refractivity (Wildman–Crippen MR) is 219 cm³/mol. The molecule has 5 heteroatoms. The lowest BCUT2D eigenvalue weighted by atomic mass is 10.0. The Morgan fingerprint density at radius 1 is 0.509 bits per heavy atom. The fourth-order valence-electron chi connectivity index (χ4n) is 8.68. The molecule has 0 fully saturated rings. The lowest BCUT2D eigenvalue weighted by Gasteiger charge is -2.23. The summed E-state index contributed by atoms with van der Waals surface area (Å²) in [7, 11) is 0. The van der Waals surface area contributed by atoms with Gasteiger partial charge in [0.05, 0.1) is 22.1 Å². The van der Waals surface area contributed by atoms with Crippen molar-refractivity contribution in [1.82, 2.24) is 14.5 Å². The van der Waals surface area contributed by atoms with Gasteiger partial charge in [0.1, 0.15) is 12.0 Å². The molecule has 7 aromatic carbocycles. The highest BCUT2D eigenvalue weighted by Crippen LogP contribution is 2.42. The molecule has 53 heavy (non-hydrogen) atoms. The van der Waals surface area contributed by atoms with Gasteiger partial charge in [0, 0.05) is 44.0 Å². The van der Waals surface area contributed by atoms with E-state index in [1.54, 1.807) is 0 Å². The molecule has 0 amide bonds. The van der Waals surface area contributed by atoms with Crippen molar-refractivity contribution in [2.24, 2.45) is 9.98 Å². The second-order valence-electron chi connectivity index (χ2n) is 14.1. The molecule has 0 radical (unpaired) electrons. The molecule has 252 valence electrons. The van der Waals surface area contributed by atoms with Gasteiger partial charge >= 0.3 is 0 Å². The molecule has 3 heterocycles. The van der Waals surface area contributed by atoms with E-state index < -0.39 is 0 Å². The Labute approximate surface area is 307 Å². The zero-order valence-electron chi connectivity index (χ0n) is 29.1. The fraction of sp³-hybridized carbons (Fsp3) is 0.0833. The van der Waals surface area contributed by atoms with E-state index in [9.17, 15) is 0 Å². The van der Waals surface area contributed by atoms with Crippen LogP contribution < -0.4 is 5.32 Å². The largest absolute Gasteiger partial charge is 0.344 e. The van der Waals surface area contributed by atoms with Gasteiger partial charge in [0.25, 0.3) is 0 Å². The SMILES string of the molecule is c1ccc(C2=NC(c3ccccc3)NC(c3ccc(-n4c5ccccc5c5cc6c7c8c(ccc7n(-c7ccccc7)c6cc54)CCC8)cc3)=N2)cc1. The van der Waals surface area contributed by atoms with Crippen LogP contribution in [0.25, 0.3) is 55.0 Å². The maximum absolute atomic E-state index is 5.05. The molecule has 5 nitrogen and oxygen atoms in total. The molecular weight excluding hydrogens is 647 g/mol. The number of aromatic nitrogens is 2. The summed E-state index contributed by atoms with van der Waals surface area (Å²) >= 11 is 0. The highest BCUT2D eigenvalue weighted by atomic mass is 15.2. The van der Waals surface area contributed by atoms with E-state index in [0.29, 0.717) is 0 Å². The number of amidine groups is 2. The van der Waals surface area contributed by atoms with Crippen LogP contribution in [0.5, 0.6) is 0 Å². The number of hydrogen-bond acceptors (Lipinski definition) is 3. The number of benzene rings is 7. The number of para-hydroxylation sites is 2. The first kappa shape index (κ1) is 30.0. The summed E-state index contributed by atoms with van der Waals surface area (Å²) in [6, 6.07) is 58.7. The van der Waals surface area contributed by atoms with E-state index in [2.05, 4.69) is 154 Å². The number of aryl methyl sites for hydroxylation is 2. The highest BCUT2D eigenvalue weighted by Gasteiger charge is 2.24. The van der Waals surface area contributed by atoms with E-state index in [1.165, 1.54) is 66.8 Å². The Balaban J connectivity index is 1.09. The van der Waals surface area contributed by atoms with Gasteiger partial charge in [-0.15, -0.1) is 0 Å².